The number of nitrogens with one attached hydrogen (secondary N) is 1. The Morgan fingerprint density at radius 1 is 1.44 bits per heavy atom. The van der Waals surface area contributed by atoms with E-state index in [1.54, 1.807) is 0 Å². The maximum atomic E-state index is 5.76. The van der Waals surface area contributed by atoms with Crippen LogP contribution in [0.2, 0.25) is 0 Å². The van der Waals surface area contributed by atoms with Gasteiger partial charge in [0.1, 0.15) is 0 Å². The van der Waals surface area contributed by atoms with Crippen molar-refractivity contribution < 1.29 is 4.74 Å². The summed E-state index contributed by atoms with van der Waals surface area (Å²) in [6, 6.07) is 6.88. The molecule has 1 aromatic rings. The molecule has 18 heavy (non-hydrogen) atoms. The van der Waals surface area contributed by atoms with Crippen molar-refractivity contribution in [1.29, 1.82) is 0 Å². The lowest BCUT2D eigenvalue weighted by Crippen LogP contribution is -2.58. The Kier molecular flexibility index (Phi) is 4.02. The van der Waals surface area contributed by atoms with Gasteiger partial charge in [0.15, 0.2) is 0 Å². The second-order valence-electron chi connectivity index (χ2n) is 5.68. The highest BCUT2D eigenvalue weighted by atomic mass is 79.9. The average molecular weight is 312 g/mol. The van der Waals surface area contributed by atoms with E-state index in [9.17, 15) is 0 Å². The molecule has 1 fully saturated rings. The average Bonchev–Trinajstić information content (AvgIpc) is 2.32. The van der Waals surface area contributed by atoms with Crippen molar-refractivity contribution in [3.05, 3.63) is 28.2 Å². The quantitative estimate of drug-likeness (QED) is 0.891. The second kappa shape index (κ2) is 5.22. The van der Waals surface area contributed by atoms with E-state index in [0.717, 1.165) is 17.5 Å². The minimum absolute atomic E-state index is 0.194. The topological polar surface area (TPSA) is 21.3 Å². The molecule has 0 heterocycles. The first kappa shape index (κ1) is 13.9. The van der Waals surface area contributed by atoms with Crippen molar-refractivity contribution in [2.75, 3.05) is 11.9 Å². The third-order valence-corrected chi connectivity index (χ3v) is 4.69. The Morgan fingerprint density at radius 3 is 2.78 bits per heavy atom. The molecule has 1 N–H and O–H groups in total. The molecule has 0 amide bonds. The molecule has 2 rings (SSSR count). The molecule has 100 valence electrons. The predicted molar refractivity (Wildman–Crippen MR) is 80.1 cm³/mol. The highest BCUT2D eigenvalue weighted by molar-refractivity contribution is 9.10. The Hall–Kier alpha value is -0.540. The van der Waals surface area contributed by atoms with Gasteiger partial charge in [-0.2, -0.15) is 0 Å². The number of benzene rings is 1. The largest absolute Gasteiger partial charge is 0.381 e. The molecule has 1 aliphatic carbocycles. The van der Waals surface area contributed by atoms with Gasteiger partial charge in [-0.05, 0) is 53.9 Å². The summed E-state index contributed by atoms with van der Waals surface area (Å²) >= 11 is 3.60. The minimum atomic E-state index is 0.194. The van der Waals surface area contributed by atoms with Crippen molar-refractivity contribution in [3.63, 3.8) is 0 Å². The molecule has 0 bridgehead atoms. The molecule has 0 aromatic heterocycles. The molecule has 1 aromatic carbocycles. The third kappa shape index (κ3) is 2.57. The molecule has 1 aliphatic rings. The molecule has 2 nitrogen and oxygen atoms in total. The lowest BCUT2D eigenvalue weighted by molar-refractivity contribution is -0.0976. The van der Waals surface area contributed by atoms with Gasteiger partial charge in [-0.3, -0.25) is 0 Å². The zero-order chi connectivity index (χ0) is 13.3. The number of anilines is 1. The summed E-state index contributed by atoms with van der Waals surface area (Å²) in [7, 11) is 0. The van der Waals surface area contributed by atoms with Gasteiger partial charge in [-0.1, -0.05) is 19.9 Å². The van der Waals surface area contributed by atoms with E-state index < -0.39 is 0 Å². The van der Waals surface area contributed by atoms with E-state index in [1.807, 2.05) is 0 Å². The molecule has 1 saturated carbocycles. The highest BCUT2D eigenvalue weighted by Crippen LogP contribution is 2.45. The van der Waals surface area contributed by atoms with Gasteiger partial charge < -0.3 is 10.1 Å². The normalized spacial score (nSPS) is 25.6. The lowest BCUT2D eigenvalue weighted by Gasteiger charge is -2.52. The first-order chi connectivity index (χ1) is 8.45. The van der Waals surface area contributed by atoms with Gasteiger partial charge >= 0.3 is 0 Å². The zero-order valence-electron chi connectivity index (χ0n) is 11.6. The molecular formula is C15H22BrNO. The fourth-order valence-corrected chi connectivity index (χ4v) is 2.91. The van der Waals surface area contributed by atoms with Crippen LogP contribution in [-0.2, 0) is 4.74 Å². The van der Waals surface area contributed by atoms with E-state index in [4.69, 9.17) is 4.74 Å². The maximum absolute atomic E-state index is 5.76. The number of ether oxygens (including phenoxy) is 1. The summed E-state index contributed by atoms with van der Waals surface area (Å²) in [5.74, 6) is 0. The van der Waals surface area contributed by atoms with Gasteiger partial charge in [0.25, 0.3) is 0 Å². The monoisotopic (exact) mass is 311 g/mol. The fourth-order valence-electron chi connectivity index (χ4n) is 2.55. The maximum Gasteiger partial charge on any atom is 0.0665 e. The smallest absolute Gasteiger partial charge is 0.0665 e. The second-order valence-corrected chi connectivity index (χ2v) is 6.54. The van der Waals surface area contributed by atoms with Crippen molar-refractivity contribution in [3.8, 4) is 0 Å². The Morgan fingerprint density at radius 2 is 2.17 bits per heavy atom. The molecule has 0 spiro atoms. The molecule has 0 saturated heterocycles. The van der Waals surface area contributed by atoms with E-state index >= 15 is 0 Å². The zero-order valence-corrected chi connectivity index (χ0v) is 13.2. The Bertz CT molecular complexity index is 431. The summed E-state index contributed by atoms with van der Waals surface area (Å²) in [5.41, 5.74) is 2.65. The highest BCUT2D eigenvalue weighted by Gasteiger charge is 2.48. The van der Waals surface area contributed by atoms with Crippen molar-refractivity contribution in [1.82, 2.24) is 0 Å². The fraction of sp³-hybridized carbons (Fsp3) is 0.600. The van der Waals surface area contributed by atoms with E-state index in [2.05, 4.69) is 67.1 Å². The Labute approximate surface area is 118 Å². The molecule has 2 atom stereocenters. The van der Waals surface area contributed by atoms with Crippen LogP contribution in [0, 0.1) is 12.3 Å². The van der Waals surface area contributed by atoms with Crippen molar-refractivity contribution in [2.24, 2.45) is 5.41 Å². The van der Waals surface area contributed by atoms with Crippen molar-refractivity contribution in [2.45, 2.75) is 46.3 Å². The van der Waals surface area contributed by atoms with Gasteiger partial charge in [-0.25, -0.2) is 0 Å². The predicted octanol–water partition coefficient (Wildman–Crippen LogP) is 4.37. The van der Waals surface area contributed by atoms with Crippen LogP contribution in [-0.4, -0.2) is 18.8 Å². The third-order valence-electron chi connectivity index (χ3n) is 4.00. The van der Waals surface area contributed by atoms with Crippen LogP contribution in [0.3, 0.4) is 0 Å². The first-order valence-corrected chi connectivity index (χ1v) is 7.38. The number of hydrogen-bond donors (Lipinski definition) is 1. The van der Waals surface area contributed by atoms with Crippen LogP contribution >= 0.6 is 15.9 Å². The standard InChI is InChI=1S/C15H22BrNO/c1-5-18-14-9-13(15(14,3)4)17-12-8-10(2)6-7-11(12)16/h6-8,13-14,17H,5,9H2,1-4H3. The van der Waals surface area contributed by atoms with Gasteiger partial charge in [-0.15, -0.1) is 0 Å². The summed E-state index contributed by atoms with van der Waals surface area (Å²) in [6.07, 6.45) is 1.46. The van der Waals surface area contributed by atoms with Crippen molar-refractivity contribution >= 4 is 21.6 Å². The van der Waals surface area contributed by atoms with Crippen LogP contribution in [0.4, 0.5) is 5.69 Å². The van der Waals surface area contributed by atoms with E-state index in [-0.39, 0.29) is 5.41 Å². The number of halogens is 1. The van der Waals surface area contributed by atoms with Crippen LogP contribution in [0.15, 0.2) is 22.7 Å². The Balaban J connectivity index is 2.05. The number of aryl methyl sites for hydroxylation is 1. The molecular weight excluding hydrogens is 290 g/mol. The molecule has 2 unspecified atom stereocenters. The van der Waals surface area contributed by atoms with E-state index in [0.29, 0.717) is 12.1 Å². The van der Waals surface area contributed by atoms with Crippen LogP contribution in [0.5, 0.6) is 0 Å². The van der Waals surface area contributed by atoms with Crippen LogP contribution in [0.1, 0.15) is 32.8 Å². The van der Waals surface area contributed by atoms with Gasteiger partial charge in [0, 0.05) is 28.2 Å². The molecule has 0 radical (unpaired) electrons. The SMILES string of the molecule is CCOC1CC(Nc2cc(C)ccc2Br)C1(C)C. The summed E-state index contributed by atoms with van der Waals surface area (Å²) < 4.78 is 6.89. The van der Waals surface area contributed by atoms with Crippen LogP contribution < -0.4 is 5.32 Å². The van der Waals surface area contributed by atoms with E-state index in [1.165, 1.54) is 11.3 Å². The summed E-state index contributed by atoms with van der Waals surface area (Å²) in [5, 5.41) is 3.64. The lowest BCUT2D eigenvalue weighted by atomic mass is 9.64. The number of hydrogen-bond acceptors (Lipinski definition) is 2. The van der Waals surface area contributed by atoms with Gasteiger partial charge in [0.2, 0.25) is 0 Å². The minimum Gasteiger partial charge on any atom is -0.381 e. The summed E-state index contributed by atoms with van der Waals surface area (Å²) in [6.45, 7) is 9.53. The molecule has 3 heteroatoms. The van der Waals surface area contributed by atoms with Crippen LogP contribution in [0.25, 0.3) is 0 Å². The number of rotatable bonds is 4. The van der Waals surface area contributed by atoms with Gasteiger partial charge in [0.05, 0.1) is 6.10 Å². The molecule has 0 aliphatic heterocycles. The summed E-state index contributed by atoms with van der Waals surface area (Å²) in [4.78, 5) is 0. The first-order valence-electron chi connectivity index (χ1n) is 6.59.